The van der Waals surface area contributed by atoms with Crippen LogP contribution >= 0.6 is 0 Å². The molecule has 1 aliphatic heterocycles. The zero-order valence-corrected chi connectivity index (χ0v) is 11.0. The Balaban J connectivity index is 2.15. The molecule has 0 saturated carbocycles. The molecule has 1 N–H and O–H groups in total. The molecule has 0 aliphatic carbocycles. The number of hydrogen-bond donors (Lipinski definition) is 1. The molecule has 1 aromatic rings. The van der Waals surface area contributed by atoms with Crippen LogP contribution in [0.4, 0.5) is 5.69 Å². The molecular weight excluding hydrogens is 212 g/mol. The summed E-state index contributed by atoms with van der Waals surface area (Å²) in [7, 11) is 1.71. The second-order valence-electron chi connectivity index (χ2n) is 4.78. The van der Waals surface area contributed by atoms with Gasteiger partial charge in [0.15, 0.2) is 0 Å². The van der Waals surface area contributed by atoms with Crippen molar-refractivity contribution in [1.82, 2.24) is 5.32 Å². The van der Waals surface area contributed by atoms with Gasteiger partial charge in [-0.1, -0.05) is 0 Å². The van der Waals surface area contributed by atoms with E-state index in [1.165, 1.54) is 17.7 Å². The Labute approximate surface area is 104 Å². The van der Waals surface area contributed by atoms with Gasteiger partial charge in [-0.05, 0) is 44.0 Å². The van der Waals surface area contributed by atoms with Crippen molar-refractivity contribution in [1.29, 1.82) is 0 Å². The van der Waals surface area contributed by atoms with E-state index < -0.39 is 0 Å². The monoisotopic (exact) mass is 234 g/mol. The molecule has 1 fully saturated rings. The summed E-state index contributed by atoms with van der Waals surface area (Å²) in [6, 6.07) is 6.95. The lowest BCUT2D eigenvalue weighted by Crippen LogP contribution is -2.29. The topological polar surface area (TPSA) is 24.5 Å². The third-order valence-corrected chi connectivity index (χ3v) is 3.45. The summed E-state index contributed by atoms with van der Waals surface area (Å²) in [5.74, 6) is 0.938. The normalized spacial score (nSPS) is 21.1. The number of nitrogens with zero attached hydrogens (tertiary/aromatic N) is 1. The van der Waals surface area contributed by atoms with E-state index in [1.54, 1.807) is 7.11 Å². The zero-order valence-electron chi connectivity index (χ0n) is 11.0. The Morgan fingerprint density at radius 3 is 2.88 bits per heavy atom. The van der Waals surface area contributed by atoms with Gasteiger partial charge < -0.3 is 15.0 Å². The highest BCUT2D eigenvalue weighted by molar-refractivity contribution is 5.56. The predicted molar refractivity (Wildman–Crippen MR) is 72.0 cm³/mol. The number of hydrogen-bond acceptors (Lipinski definition) is 3. The van der Waals surface area contributed by atoms with Gasteiger partial charge in [0, 0.05) is 31.4 Å². The van der Waals surface area contributed by atoms with Crippen molar-refractivity contribution in [3.63, 3.8) is 0 Å². The van der Waals surface area contributed by atoms with E-state index >= 15 is 0 Å². The molecule has 17 heavy (non-hydrogen) atoms. The van der Waals surface area contributed by atoms with Gasteiger partial charge in [0.25, 0.3) is 0 Å². The molecule has 0 radical (unpaired) electrons. The summed E-state index contributed by atoms with van der Waals surface area (Å²) in [6.07, 6.45) is 1.20. The fraction of sp³-hybridized carbons (Fsp3) is 0.571. The lowest BCUT2D eigenvalue weighted by molar-refractivity contribution is 0.414. The molecule has 94 valence electrons. The minimum atomic E-state index is 0.624. The molecule has 3 nitrogen and oxygen atoms in total. The number of benzene rings is 1. The van der Waals surface area contributed by atoms with Crippen LogP contribution < -0.4 is 15.0 Å². The number of anilines is 1. The van der Waals surface area contributed by atoms with E-state index in [9.17, 15) is 0 Å². The van der Waals surface area contributed by atoms with Crippen molar-refractivity contribution in [2.24, 2.45) is 0 Å². The van der Waals surface area contributed by atoms with E-state index in [4.69, 9.17) is 4.74 Å². The summed E-state index contributed by atoms with van der Waals surface area (Å²) in [4.78, 5) is 2.46. The van der Waals surface area contributed by atoms with Crippen molar-refractivity contribution < 1.29 is 4.74 Å². The Morgan fingerprint density at radius 2 is 2.18 bits per heavy atom. The van der Waals surface area contributed by atoms with E-state index in [-0.39, 0.29) is 0 Å². The minimum absolute atomic E-state index is 0.624. The first-order valence-corrected chi connectivity index (χ1v) is 6.33. The van der Waals surface area contributed by atoms with Gasteiger partial charge in [-0.3, -0.25) is 0 Å². The predicted octanol–water partition coefficient (Wildman–Crippen LogP) is 2.19. The van der Waals surface area contributed by atoms with Crippen LogP contribution in [0, 0.1) is 6.92 Å². The van der Waals surface area contributed by atoms with E-state index in [0.717, 1.165) is 25.4 Å². The fourth-order valence-corrected chi connectivity index (χ4v) is 2.36. The highest BCUT2D eigenvalue weighted by Gasteiger charge is 2.15. The van der Waals surface area contributed by atoms with E-state index in [0.29, 0.717) is 6.04 Å². The largest absolute Gasteiger partial charge is 0.497 e. The van der Waals surface area contributed by atoms with Crippen LogP contribution in [0.2, 0.25) is 0 Å². The molecular formula is C14H22N2O. The van der Waals surface area contributed by atoms with Crippen molar-refractivity contribution in [2.45, 2.75) is 26.3 Å². The zero-order chi connectivity index (χ0) is 12.3. The first-order chi connectivity index (χ1) is 8.20. The molecule has 0 spiro atoms. The average Bonchev–Trinajstić information content (AvgIpc) is 2.54. The van der Waals surface area contributed by atoms with Gasteiger partial charge in [0.1, 0.15) is 5.75 Å². The van der Waals surface area contributed by atoms with Crippen LogP contribution in [0.3, 0.4) is 0 Å². The van der Waals surface area contributed by atoms with Gasteiger partial charge in [-0.15, -0.1) is 0 Å². The molecule has 1 heterocycles. The van der Waals surface area contributed by atoms with Gasteiger partial charge in [0.2, 0.25) is 0 Å². The van der Waals surface area contributed by atoms with Crippen LogP contribution in [-0.2, 0) is 0 Å². The van der Waals surface area contributed by atoms with Crippen molar-refractivity contribution in [3.8, 4) is 5.75 Å². The second kappa shape index (κ2) is 5.41. The molecule has 0 amide bonds. The van der Waals surface area contributed by atoms with Crippen molar-refractivity contribution in [3.05, 3.63) is 23.8 Å². The Kier molecular flexibility index (Phi) is 3.89. The lowest BCUT2D eigenvalue weighted by atomic mass is 10.1. The van der Waals surface area contributed by atoms with E-state index in [1.807, 2.05) is 6.07 Å². The molecule has 1 atom stereocenters. The molecule has 2 rings (SSSR count). The number of ether oxygens (including phenoxy) is 1. The maximum absolute atomic E-state index is 5.25. The third-order valence-electron chi connectivity index (χ3n) is 3.45. The first-order valence-electron chi connectivity index (χ1n) is 6.33. The first kappa shape index (κ1) is 12.2. The van der Waals surface area contributed by atoms with Gasteiger partial charge in [-0.2, -0.15) is 0 Å². The summed E-state index contributed by atoms with van der Waals surface area (Å²) < 4.78 is 5.25. The summed E-state index contributed by atoms with van der Waals surface area (Å²) in [5.41, 5.74) is 2.63. The molecule has 1 aromatic carbocycles. The Morgan fingerprint density at radius 1 is 1.35 bits per heavy atom. The summed E-state index contributed by atoms with van der Waals surface area (Å²) >= 11 is 0. The van der Waals surface area contributed by atoms with Crippen LogP contribution in [0.1, 0.15) is 18.9 Å². The van der Waals surface area contributed by atoms with Crippen molar-refractivity contribution >= 4 is 5.69 Å². The average molecular weight is 234 g/mol. The fourth-order valence-electron chi connectivity index (χ4n) is 2.36. The molecule has 3 heteroatoms. The number of methoxy groups -OCH3 is 1. The summed E-state index contributed by atoms with van der Waals surface area (Å²) in [6.45, 7) is 7.68. The molecule has 1 aliphatic rings. The number of nitrogens with one attached hydrogen (secondary N) is 1. The summed E-state index contributed by atoms with van der Waals surface area (Å²) in [5, 5.41) is 3.52. The van der Waals surface area contributed by atoms with Gasteiger partial charge in [0.05, 0.1) is 7.11 Å². The highest BCUT2D eigenvalue weighted by atomic mass is 16.5. The van der Waals surface area contributed by atoms with Crippen LogP contribution in [0.5, 0.6) is 5.75 Å². The van der Waals surface area contributed by atoms with Crippen LogP contribution in [0.15, 0.2) is 18.2 Å². The lowest BCUT2D eigenvalue weighted by Gasteiger charge is -2.24. The number of rotatable bonds is 2. The Bertz CT molecular complexity index is 378. The standard InChI is InChI=1S/C14H22N2O/c1-11-10-13(17-3)4-5-14(11)16-8-6-12(2)15-7-9-16/h4-5,10,12,15H,6-9H2,1-3H3. The third kappa shape index (κ3) is 2.91. The smallest absolute Gasteiger partial charge is 0.119 e. The molecule has 1 unspecified atom stereocenters. The maximum Gasteiger partial charge on any atom is 0.119 e. The SMILES string of the molecule is COc1ccc(N2CCNC(C)CC2)c(C)c1. The quantitative estimate of drug-likeness (QED) is 0.849. The van der Waals surface area contributed by atoms with Crippen molar-refractivity contribution in [2.75, 3.05) is 31.6 Å². The van der Waals surface area contributed by atoms with Crippen LogP contribution in [0.25, 0.3) is 0 Å². The Hall–Kier alpha value is -1.22. The molecule has 1 saturated heterocycles. The van der Waals surface area contributed by atoms with Crippen LogP contribution in [-0.4, -0.2) is 32.8 Å². The minimum Gasteiger partial charge on any atom is -0.497 e. The highest BCUT2D eigenvalue weighted by Crippen LogP contribution is 2.25. The number of aryl methyl sites for hydroxylation is 1. The molecule has 0 bridgehead atoms. The van der Waals surface area contributed by atoms with Gasteiger partial charge in [-0.25, -0.2) is 0 Å². The second-order valence-corrected chi connectivity index (χ2v) is 4.78. The van der Waals surface area contributed by atoms with Gasteiger partial charge >= 0.3 is 0 Å². The molecule has 0 aromatic heterocycles. The maximum atomic E-state index is 5.25. The van der Waals surface area contributed by atoms with E-state index in [2.05, 4.69) is 36.2 Å².